The van der Waals surface area contributed by atoms with E-state index in [0.29, 0.717) is 6.10 Å². The predicted molar refractivity (Wildman–Crippen MR) is 64.2 cm³/mol. The summed E-state index contributed by atoms with van der Waals surface area (Å²) in [6.07, 6.45) is 2.12. The Morgan fingerprint density at radius 1 is 1.53 bits per heavy atom. The molecule has 0 bridgehead atoms. The zero-order valence-corrected chi connectivity index (χ0v) is 10.7. The van der Waals surface area contributed by atoms with Gasteiger partial charge >= 0.3 is 0 Å². The van der Waals surface area contributed by atoms with Crippen molar-refractivity contribution in [2.45, 2.75) is 31.9 Å². The Labute approximate surface area is 103 Å². The molecule has 92 valence electrons. The predicted octanol–water partition coefficient (Wildman–Crippen LogP) is 0.798. The third-order valence-electron chi connectivity index (χ3n) is 3.11. The largest absolute Gasteiger partial charge is 0.380 e. The summed E-state index contributed by atoms with van der Waals surface area (Å²) in [5.41, 5.74) is 0. The zero-order chi connectivity index (χ0) is 11.8. The van der Waals surface area contributed by atoms with E-state index in [9.17, 15) is 0 Å². The smallest absolute Gasteiger partial charge is 0.234 e. The van der Waals surface area contributed by atoms with Gasteiger partial charge in [-0.2, -0.15) is 9.61 Å². The van der Waals surface area contributed by atoms with E-state index in [-0.39, 0.29) is 6.04 Å². The molecule has 0 aromatic carbocycles. The third-order valence-corrected chi connectivity index (χ3v) is 4.12. The first-order valence-electron chi connectivity index (χ1n) is 5.79. The van der Waals surface area contributed by atoms with E-state index < -0.39 is 0 Å². The quantitative estimate of drug-likeness (QED) is 0.876. The summed E-state index contributed by atoms with van der Waals surface area (Å²) in [6, 6.07) is 0.288. The number of aromatic nitrogens is 4. The fourth-order valence-electron chi connectivity index (χ4n) is 2.10. The van der Waals surface area contributed by atoms with Gasteiger partial charge in [0.25, 0.3) is 0 Å². The fourth-order valence-corrected chi connectivity index (χ4v) is 3.05. The van der Waals surface area contributed by atoms with Gasteiger partial charge in [0.1, 0.15) is 5.01 Å². The Kier molecular flexibility index (Phi) is 2.81. The Balaban J connectivity index is 1.88. The molecule has 1 aliphatic heterocycles. The average molecular weight is 253 g/mol. The van der Waals surface area contributed by atoms with Gasteiger partial charge in [-0.1, -0.05) is 18.3 Å². The zero-order valence-electron chi connectivity index (χ0n) is 9.88. The van der Waals surface area contributed by atoms with Crippen LogP contribution in [-0.2, 0) is 11.2 Å². The lowest BCUT2D eigenvalue weighted by Gasteiger charge is -2.05. The van der Waals surface area contributed by atoms with Crippen LogP contribution in [0, 0.1) is 0 Å². The number of rotatable bonds is 3. The summed E-state index contributed by atoms with van der Waals surface area (Å²) in [6.45, 7) is 2.95. The monoisotopic (exact) mass is 253 g/mol. The number of nitrogens with zero attached hydrogens (tertiary/aromatic N) is 4. The molecular formula is C10H15N5OS. The van der Waals surface area contributed by atoms with E-state index in [4.69, 9.17) is 4.74 Å². The van der Waals surface area contributed by atoms with Crippen LogP contribution < -0.4 is 5.32 Å². The maximum atomic E-state index is 5.34. The van der Waals surface area contributed by atoms with E-state index in [0.717, 1.165) is 35.2 Å². The van der Waals surface area contributed by atoms with Crippen LogP contribution >= 0.6 is 11.3 Å². The molecule has 2 aromatic rings. The van der Waals surface area contributed by atoms with Gasteiger partial charge in [-0.25, -0.2) is 0 Å². The third kappa shape index (κ3) is 1.84. The van der Waals surface area contributed by atoms with E-state index >= 15 is 0 Å². The summed E-state index contributed by atoms with van der Waals surface area (Å²) in [5.74, 6) is 0.920. The van der Waals surface area contributed by atoms with Crippen LogP contribution in [0.4, 0.5) is 0 Å². The van der Waals surface area contributed by atoms with Crippen LogP contribution in [0.25, 0.3) is 4.96 Å². The summed E-state index contributed by atoms with van der Waals surface area (Å²) < 4.78 is 7.19. The molecule has 3 heterocycles. The Hall–Kier alpha value is -1.05. The van der Waals surface area contributed by atoms with Gasteiger partial charge in [-0.05, 0) is 6.42 Å². The molecule has 6 nitrogen and oxygen atoms in total. The Morgan fingerprint density at radius 3 is 3.12 bits per heavy atom. The minimum Gasteiger partial charge on any atom is -0.380 e. The Bertz CT molecular complexity index is 522. The van der Waals surface area contributed by atoms with Gasteiger partial charge in [0.05, 0.1) is 12.1 Å². The highest BCUT2D eigenvalue weighted by Gasteiger charge is 2.28. The SMILES string of the molecule is CCc1nnc2sc(C3CC(OC)CN3)nn12. The van der Waals surface area contributed by atoms with Crippen LogP contribution in [0.2, 0.25) is 0 Å². The topological polar surface area (TPSA) is 64.3 Å². The van der Waals surface area contributed by atoms with Gasteiger partial charge in [-0.15, -0.1) is 10.2 Å². The van der Waals surface area contributed by atoms with Gasteiger partial charge < -0.3 is 10.1 Å². The van der Waals surface area contributed by atoms with Crippen molar-refractivity contribution < 1.29 is 4.74 Å². The normalized spacial score (nSPS) is 24.8. The van der Waals surface area contributed by atoms with E-state index in [1.165, 1.54) is 0 Å². The molecule has 2 aromatic heterocycles. The molecule has 1 fully saturated rings. The minimum absolute atomic E-state index is 0.288. The second-order valence-electron chi connectivity index (χ2n) is 4.16. The molecule has 0 saturated carbocycles. The lowest BCUT2D eigenvalue weighted by Crippen LogP contribution is -2.16. The van der Waals surface area contributed by atoms with Gasteiger partial charge in [-0.3, -0.25) is 0 Å². The molecule has 0 radical (unpaired) electrons. The summed E-state index contributed by atoms with van der Waals surface area (Å²) >= 11 is 1.60. The lowest BCUT2D eigenvalue weighted by molar-refractivity contribution is 0.117. The molecule has 2 atom stereocenters. The average Bonchev–Trinajstić information content (AvgIpc) is 3.02. The van der Waals surface area contributed by atoms with Crippen molar-refractivity contribution in [3.63, 3.8) is 0 Å². The molecule has 0 amide bonds. The summed E-state index contributed by atoms with van der Waals surface area (Å²) in [5, 5.41) is 17.3. The van der Waals surface area contributed by atoms with Crippen LogP contribution in [-0.4, -0.2) is 39.6 Å². The Morgan fingerprint density at radius 2 is 2.41 bits per heavy atom. The molecule has 0 aliphatic carbocycles. The first kappa shape index (κ1) is 11.1. The van der Waals surface area contributed by atoms with E-state index in [1.807, 2.05) is 4.52 Å². The lowest BCUT2D eigenvalue weighted by atomic mass is 10.2. The molecule has 0 spiro atoms. The van der Waals surface area contributed by atoms with E-state index in [2.05, 4.69) is 27.5 Å². The maximum Gasteiger partial charge on any atom is 0.234 e. The fraction of sp³-hybridized carbons (Fsp3) is 0.700. The molecule has 2 unspecified atom stereocenters. The van der Waals surface area contributed by atoms with Crippen molar-refractivity contribution in [1.82, 2.24) is 25.1 Å². The first-order valence-corrected chi connectivity index (χ1v) is 6.60. The van der Waals surface area contributed by atoms with Crippen molar-refractivity contribution in [3.05, 3.63) is 10.8 Å². The van der Waals surface area contributed by atoms with Crippen molar-refractivity contribution in [1.29, 1.82) is 0 Å². The summed E-state index contributed by atoms with van der Waals surface area (Å²) in [7, 11) is 1.75. The van der Waals surface area contributed by atoms with Crippen LogP contribution in [0.15, 0.2) is 0 Å². The second kappa shape index (κ2) is 4.32. The van der Waals surface area contributed by atoms with Gasteiger partial charge in [0.2, 0.25) is 4.96 Å². The van der Waals surface area contributed by atoms with Crippen LogP contribution in [0.5, 0.6) is 0 Å². The minimum atomic E-state index is 0.288. The van der Waals surface area contributed by atoms with Crippen molar-refractivity contribution >= 4 is 16.3 Å². The van der Waals surface area contributed by atoms with Gasteiger partial charge in [0, 0.05) is 20.1 Å². The van der Waals surface area contributed by atoms with Crippen molar-refractivity contribution in [2.75, 3.05) is 13.7 Å². The highest BCUT2D eigenvalue weighted by atomic mass is 32.1. The number of hydrogen-bond donors (Lipinski definition) is 1. The standard InChI is InChI=1S/C10H15N5OS/c1-3-8-12-13-10-15(8)14-9(17-10)7-4-6(16-2)5-11-7/h6-7,11H,3-5H2,1-2H3. The van der Waals surface area contributed by atoms with Crippen LogP contribution in [0.3, 0.4) is 0 Å². The molecule has 1 aliphatic rings. The highest BCUT2D eigenvalue weighted by Crippen LogP contribution is 2.28. The molecule has 17 heavy (non-hydrogen) atoms. The number of aryl methyl sites for hydroxylation is 1. The highest BCUT2D eigenvalue weighted by molar-refractivity contribution is 7.16. The molecule has 1 saturated heterocycles. The number of ether oxygens (including phenoxy) is 1. The number of hydrogen-bond acceptors (Lipinski definition) is 6. The molecule has 1 N–H and O–H groups in total. The maximum absolute atomic E-state index is 5.34. The number of fused-ring (bicyclic) bond motifs is 1. The van der Waals surface area contributed by atoms with Crippen molar-refractivity contribution in [2.24, 2.45) is 0 Å². The van der Waals surface area contributed by atoms with Crippen LogP contribution in [0.1, 0.15) is 30.2 Å². The second-order valence-corrected chi connectivity index (χ2v) is 5.15. The first-order chi connectivity index (χ1) is 8.31. The number of methoxy groups -OCH3 is 1. The van der Waals surface area contributed by atoms with E-state index in [1.54, 1.807) is 18.4 Å². The molecule has 3 rings (SSSR count). The number of nitrogens with one attached hydrogen (secondary N) is 1. The molecule has 7 heteroatoms. The van der Waals surface area contributed by atoms with Crippen molar-refractivity contribution in [3.8, 4) is 0 Å². The van der Waals surface area contributed by atoms with Gasteiger partial charge in [0.15, 0.2) is 5.82 Å². The molecular weight excluding hydrogens is 238 g/mol. The summed E-state index contributed by atoms with van der Waals surface area (Å²) in [4.78, 5) is 0.875.